The predicted octanol–water partition coefficient (Wildman–Crippen LogP) is 2.06. The van der Waals surface area contributed by atoms with Crippen molar-refractivity contribution in [3.63, 3.8) is 0 Å². The number of anilines is 3. The molecule has 2 aromatic heterocycles. The molecule has 2 atom stereocenters. The second-order valence-electron chi connectivity index (χ2n) is 9.36. The van der Waals surface area contributed by atoms with Crippen LogP contribution in [0.4, 0.5) is 17.5 Å². The minimum absolute atomic E-state index is 0.260. The van der Waals surface area contributed by atoms with Crippen LogP contribution in [0.15, 0.2) is 24.4 Å². The van der Waals surface area contributed by atoms with Gasteiger partial charge in [0.05, 0.1) is 7.11 Å². The van der Waals surface area contributed by atoms with Crippen molar-refractivity contribution in [1.82, 2.24) is 35.1 Å². The number of methoxy groups -OCH3 is 1. The molecule has 36 heavy (non-hydrogen) atoms. The van der Waals surface area contributed by atoms with Crippen molar-refractivity contribution in [2.75, 3.05) is 37.5 Å². The number of hydrogen-bond donors (Lipinski definition) is 2. The van der Waals surface area contributed by atoms with E-state index < -0.39 is 5.91 Å². The molecule has 0 radical (unpaired) electrons. The number of nitrogens with two attached hydrogens (primary N) is 1. The third-order valence-electron chi connectivity index (χ3n) is 7.21. The third kappa shape index (κ3) is 4.55. The quantitative estimate of drug-likeness (QED) is 0.503. The van der Waals surface area contributed by atoms with Crippen LogP contribution in [-0.2, 0) is 0 Å². The molecular weight excluding hydrogens is 460 g/mol. The Morgan fingerprint density at radius 3 is 2.81 bits per heavy atom. The lowest BCUT2D eigenvalue weighted by atomic mass is 9.88. The van der Waals surface area contributed by atoms with E-state index in [2.05, 4.69) is 35.6 Å². The van der Waals surface area contributed by atoms with Crippen LogP contribution in [0.5, 0.6) is 5.75 Å². The monoisotopic (exact) mass is 492 g/mol. The van der Waals surface area contributed by atoms with Crippen LogP contribution in [0, 0.1) is 6.92 Å². The van der Waals surface area contributed by atoms with Gasteiger partial charge in [0.2, 0.25) is 5.95 Å². The summed E-state index contributed by atoms with van der Waals surface area (Å²) in [4.78, 5) is 26.1. The van der Waals surface area contributed by atoms with E-state index in [0.717, 1.165) is 38.0 Å². The smallest absolute Gasteiger partial charge is 0.254 e. The molecule has 0 unspecified atom stereocenters. The van der Waals surface area contributed by atoms with Crippen LogP contribution >= 0.6 is 0 Å². The molecule has 12 nitrogen and oxygen atoms in total. The number of carbonyl (C=O) groups is 1. The summed E-state index contributed by atoms with van der Waals surface area (Å²) in [6.07, 6.45) is 7.30. The van der Waals surface area contributed by atoms with E-state index in [1.807, 2.05) is 32.2 Å². The third-order valence-corrected chi connectivity index (χ3v) is 7.21. The molecule has 0 saturated carbocycles. The van der Waals surface area contributed by atoms with E-state index in [1.54, 1.807) is 11.8 Å². The molecule has 1 aromatic carbocycles. The molecule has 2 fully saturated rings. The van der Waals surface area contributed by atoms with Crippen LogP contribution in [-0.4, -0.2) is 80.3 Å². The number of nitrogens with zero attached hydrogens (tertiary/aromatic N) is 8. The molecular formula is C24H32N10O2. The van der Waals surface area contributed by atoms with Gasteiger partial charge in [-0.25, -0.2) is 4.98 Å². The zero-order chi connectivity index (χ0) is 25.2. The van der Waals surface area contributed by atoms with Crippen molar-refractivity contribution in [3.8, 4) is 11.4 Å². The fourth-order valence-electron chi connectivity index (χ4n) is 5.43. The van der Waals surface area contributed by atoms with Crippen molar-refractivity contribution in [3.05, 3.63) is 35.8 Å². The van der Waals surface area contributed by atoms with E-state index >= 15 is 0 Å². The molecule has 3 N–H and O–H groups in total. The Bertz CT molecular complexity index is 1240. The van der Waals surface area contributed by atoms with Crippen molar-refractivity contribution in [2.24, 2.45) is 5.73 Å². The molecule has 4 heterocycles. The molecule has 190 valence electrons. The van der Waals surface area contributed by atoms with Crippen LogP contribution in [0.3, 0.4) is 0 Å². The Morgan fingerprint density at radius 1 is 1.22 bits per heavy atom. The number of amides is 1. The number of hydrogen-bond acceptors (Lipinski definition) is 10. The van der Waals surface area contributed by atoms with Crippen LogP contribution in [0.25, 0.3) is 5.69 Å². The summed E-state index contributed by atoms with van der Waals surface area (Å²) < 4.78 is 7.09. The number of nitrogens with one attached hydrogen (secondary N) is 1. The number of piperidine rings is 2. The topological polar surface area (TPSA) is 140 Å². The SMILES string of the molecule is COc1ccc(Nc2ncc(C(N)=O)c(N(C)[C@H]3CCCN4CCCC[C@H]34)n2)cc1-n1nnnc1C. The van der Waals surface area contributed by atoms with E-state index in [1.165, 1.54) is 19.0 Å². The molecule has 2 saturated heterocycles. The van der Waals surface area contributed by atoms with Gasteiger partial charge in [-0.2, -0.15) is 9.67 Å². The summed E-state index contributed by atoms with van der Waals surface area (Å²) in [7, 11) is 3.60. The first-order valence-electron chi connectivity index (χ1n) is 12.3. The van der Waals surface area contributed by atoms with E-state index in [9.17, 15) is 4.79 Å². The van der Waals surface area contributed by atoms with Gasteiger partial charge in [0, 0.05) is 31.0 Å². The van der Waals surface area contributed by atoms with Crippen molar-refractivity contribution >= 4 is 23.4 Å². The zero-order valence-corrected chi connectivity index (χ0v) is 20.9. The lowest BCUT2D eigenvalue weighted by Gasteiger charge is -2.47. The zero-order valence-electron chi connectivity index (χ0n) is 20.9. The maximum atomic E-state index is 12.3. The minimum atomic E-state index is -0.541. The molecule has 2 aliphatic heterocycles. The molecule has 1 amide bonds. The normalized spacial score (nSPS) is 20.0. The van der Waals surface area contributed by atoms with Gasteiger partial charge in [-0.15, -0.1) is 5.10 Å². The van der Waals surface area contributed by atoms with Gasteiger partial charge < -0.3 is 20.7 Å². The van der Waals surface area contributed by atoms with Gasteiger partial charge in [-0.3, -0.25) is 9.69 Å². The highest BCUT2D eigenvalue weighted by atomic mass is 16.5. The highest BCUT2D eigenvalue weighted by Crippen LogP contribution is 2.33. The fraction of sp³-hybridized carbons (Fsp3) is 0.500. The van der Waals surface area contributed by atoms with Crippen LogP contribution in [0.1, 0.15) is 48.3 Å². The summed E-state index contributed by atoms with van der Waals surface area (Å²) in [5, 5.41) is 15.0. The van der Waals surface area contributed by atoms with Gasteiger partial charge in [0.15, 0.2) is 5.82 Å². The molecule has 2 aliphatic rings. The van der Waals surface area contributed by atoms with Gasteiger partial charge in [-0.1, -0.05) is 6.42 Å². The highest BCUT2D eigenvalue weighted by Gasteiger charge is 2.36. The molecule has 5 rings (SSSR count). The molecule has 3 aromatic rings. The number of tetrazole rings is 1. The Labute approximate surface area is 209 Å². The van der Waals surface area contributed by atoms with Crippen molar-refractivity contribution in [1.29, 1.82) is 0 Å². The minimum Gasteiger partial charge on any atom is -0.494 e. The second-order valence-corrected chi connectivity index (χ2v) is 9.36. The summed E-state index contributed by atoms with van der Waals surface area (Å²) in [6, 6.07) is 6.25. The summed E-state index contributed by atoms with van der Waals surface area (Å²) in [5.74, 6) is 1.61. The Kier molecular flexibility index (Phi) is 6.68. The number of aryl methyl sites for hydroxylation is 1. The Balaban J connectivity index is 1.46. The summed E-state index contributed by atoms with van der Waals surface area (Å²) in [6.45, 7) is 4.08. The number of fused-ring (bicyclic) bond motifs is 1. The average molecular weight is 493 g/mol. The van der Waals surface area contributed by atoms with E-state index in [0.29, 0.717) is 40.6 Å². The highest BCUT2D eigenvalue weighted by molar-refractivity contribution is 5.97. The number of likely N-dealkylation sites (N-methyl/N-ethyl adjacent to an activating group) is 1. The largest absolute Gasteiger partial charge is 0.494 e. The van der Waals surface area contributed by atoms with Crippen LogP contribution < -0.4 is 20.7 Å². The number of rotatable bonds is 7. The first-order chi connectivity index (χ1) is 17.5. The van der Waals surface area contributed by atoms with Crippen molar-refractivity contribution in [2.45, 2.75) is 51.1 Å². The van der Waals surface area contributed by atoms with Crippen molar-refractivity contribution < 1.29 is 9.53 Å². The van der Waals surface area contributed by atoms with E-state index in [-0.39, 0.29) is 6.04 Å². The standard InChI is InChI=1S/C24H32N10O2/c1-15-29-30-31-34(15)20-13-16(9-10-21(20)36-3)27-24-26-14-17(22(25)35)23(28-24)32(2)18-8-6-12-33-11-5-4-7-19(18)33/h9-10,13-14,18-19H,4-8,11-12H2,1-3H3,(H2,25,35)(H,26,27,28)/t18-,19+/m0/s1. The Hall–Kier alpha value is -3.80. The lowest BCUT2D eigenvalue weighted by Crippen LogP contribution is -2.56. The number of aromatic nitrogens is 6. The molecule has 12 heteroatoms. The first-order valence-corrected chi connectivity index (χ1v) is 12.3. The average Bonchev–Trinajstić information content (AvgIpc) is 3.33. The van der Waals surface area contributed by atoms with Gasteiger partial charge in [0.1, 0.15) is 22.8 Å². The number of benzene rings is 1. The molecule has 0 spiro atoms. The number of ether oxygens (including phenoxy) is 1. The maximum absolute atomic E-state index is 12.3. The maximum Gasteiger partial charge on any atom is 0.254 e. The first kappa shape index (κ1) is 23.9. The van der Waals surface area contributed by atoms with Gasteiger partial charge >= 0.3 is 0 Å². The fourth-order valence-corrected chi connectivity index (χ4v) is 5.43. The summed E-state index contributed by atoms with van der Waals surface area (Å²) in [5.41, 5.74) is 7.44. The molecule has 0 bridgehead atoms. The lowest BCUT2D eigenvalue weighted by molar-refractivity contribution is 0.0890. The number of primary amides is 1. The van der Waals surface area contributed by atoms with Gasteiger partial charge in [-0.05, 0) is 74.3 Å². The van der Waals surface area contributed by atoms with Crippen LogP contribution in [0.2, 0.25) is 0 Å². The van der Waals surface area contributed by atoms with Gasteiger partial charge in [0.25, 0.3) is 5.91 Å². The molecule has 0 aliphatic carbocycles. The summed E-state index contributed by atoms with van der Waals surface area (Å²) >= 11 is 0. The predicted molar refractivity (Wildman–Crippen MR) is 135 cm³/mol. The van der Waals surface area contributed by atoms with E-state index in [4.69, 9.17) is 15.5 Å². The Morgan fingerprint density at radius 2 is 2.06 bits per heavy atom. The number of carbonyl (C=O) groups excluding carboxylic acids is 1. The second kappa shape index (κ2) is 10.1.